The first-order valence-electron chi connectivity index (χ1n) is 31.4. The van der Waals surface area contributed by atoms with E-state index in [4.69, 9.17) is 9.47 Å². The third-order valence-corrected chi connectivity index (χ3v) is 18.4. The van der Waals surface area contributed by atoms with Gasteiger partial charge in [-0.1, -0.05) is 75.4 Å². The molecule has 0 saturated carbocycles. The number of amides is 8. The van der Waals surface area contributed by atoms with E-state index in [2.05, 4.69) is 39.2 Å². The Bertz CT molecular complexity index is 3370. The quantitative estimate of drug-likeness (QED) is 0.0778. The number of rotatable bonds is 16. The van der Waals surface area contributed by atoms with Gasteiger partial charge in [-0.25, -0.2) is 14.0 Å². The van der Waals surface area contributed by atoms with Gasteiger partial charge in [0.15, 0.2) is 0 Å². The van der Waals surface area contributed by atoms with Crippen molar-refractivity contribution in [2.75, 3.05) is 76.3 Å². The Morgan fingerprint density at radius 1 is 0.856 bits per heavy atom. The van der Waals surface area contributed by atoms with Crippen LogP contribution in [0.3, 0.4) is 0 Å². The van der Waals surface area contributed by atoms with Gasteiger partial charge in [-0.2, -0.15) is 0 Å². The molecule has 90 heavy (non-hydrogen) atoms. The Balaban J connectivity index is 0.929. The number of fused-ring (bicyclic) bond motifs is 3. The molecular formula is C68H89FN10O11. The van der Waals surface area contributed by atoms with Crippen LogP contribution in [0.2, 0.25) is 0 Å². The number of hydrogen-bond acceptors (Lipinski definition) is 12. The van der Waals surface area contributed by atoms with E-state index in [9.17, 15) is 43.1 Å². The largest absolute Gasteiger partial charge is 0.465 e. The minimum absolute atomic E-state index is 0.0544. The number of morpholine rings is 1. The molecule has 3 unspecified atom stereocenters. The predicted octanol–water partition coefficient (Wildman–Crippen LogP) is 6.78. The van der Waals surface area contributed by atoms with Gasteiger partial charge in [0.05, 0.1) is 37.8 Å². The molecule has 22 heteroatoms. The van der Waals surface area contributed by atoms with Crippen LogP contribution in [0.15, 0.2) is 84.9 Å². The fourth-order valence-electron chi connectivity index (χ4n) is 13.0. The number of benzene rings is 4. The van der Waals surface area contributed by atoms with Crippen LogP contribution < -0.4 is 26.2 Å². The molecule has 2 saturated heterocycles. The number of ether oxygens (including phenoxy) is 2. The van der Waals surface area contributed by atoms with Crippen molar-refractivity contribution in [3.8, 4) is 0 Å². The average Bonchev–Trinajstić information content (AvgIpc) is 1.57. The lowest BCUT2D eigenvalue weighted by Crippen LogP contribution is -2.64. The zero-order valence-electron chi connectivity index (χ0n) is 53.8. The molecule has 4 aromatic carbocycles. The summed E-state index contributed by atoms with van der Waals surface area (Å²) in [5.41, 5.74) is 3.68. The standard InChI is InChI=1S/C68H89FN10O11/c1-41-34-76(51(37-77(41)64(86)87)36-75-27-28-89-39-42(75)2)38-58(81)79-40-68(10,53-26-21-45(30-55(53)79)29-44-19-23-49(69)24-20-44)63(85)70-33-57(80)71-50-25-22-47-32-56(61(83)72-54-18-14-16-46-15-12-13-17-52(46)54)78(35-48(47)31-50)62(84)59(66(4,5)6)73-60(82)43(3)74(11)65(88)90-67(7,8)9/h12-13,15,17,19-26,30-31,41-43,51,54,56,59H,14,16,18,27-29,32-40H2,1-11H3,(H,70,85)(H,71,80)(H,72,83)(H,73,82)(H,86,87)/t41-,42-,43?,51+,54-,56+,59?,68?/m1/s1. The molecule has 1 aliphatic carbocycles. The molecule has 0 bridgehead atoms. The van der Waals surface area contributed by atoms with E-state index in [-0.39, 0.29) is 68.4 Å². The van der Waals surface area contributed by atoms with Crippen molar-refractivity contribution in [2.24, 2.45) is 5.41 Å². The molecule has 4 aromatic rings. The van der Waals surface area contributed by atoms with Gasteiger partial charge in [0.2, 0.25) is 35.4 Å². The van der Waals surface area contributed by atoms with E-state index >= 15 is 4.79 Å². The average molecular weight is 1240 g/mol. The number of nitrogens with one attached hydrogen (secondary N) is 4. The highest BCUT2D eigenvalue weighted by molar-refractivity contribution is 6.04. The van der Waals surface area contributed by atoms with Crippen LogP contribution in [0, 0.1) is 11.2 Å². The van der Waals surface area contributed by atoms with Gasteiger partial charge in [-0.15, -0.1) is 0 Å². The summed E-state index contributed by atoms with van der Waals surface area (Å²) in [4.78, 5) is 123. The van der Waals surface area contributed by atoms with Crippen LogP contribution in [0.5, 0.6) is 0 Å². The molecule has 0 aromatic heterocycles. The second-order valence-corrected chi connectivity index (χ2v) is 27.4. The predicted molar refractivity (Wildman–Crippen MR) is 338 cm³/mol. The molecule has 21 nitrogen and oxygen atoms in total. The summed E-state index contributed by atoms with van der Waals surface area (Å²) in [6, 6.07) is 20.9. The van der Waals surface area contributed by atoms with Crippen molar-refractivity contribution in [1.29, 1.82) is 0 Å². The van der Waals surface area contributed by atoms with Gasteiger partial charge < -0.3 is 50.5 Å². The molecular weight excluding hydrogens is 1150 g/mol. The highest BCUT2D eigenvalue weighted by atomic mass is 19.1. The lowest BCUT2D eigenvalue weighted by molar-refractivity contribution is -0.147. The van der Waals surface area contributed by atoms with Gasteiger partial charge in [-0.3, -0.25) is 43.5 Å². The minimum Gasteiger partial charge on any atom is -0.465 e. The smallest absolute Gasteiger partial charge is 0.410 e. The van der Waals surface area contributed by atoms with E-state index in [0.29, 0.717) is 68.2 Å². The maximum Gasteiger partial charge on any atom is 0.410 e. The molecule has 5 N–H and O–H groups in total. The number of halogens is 1. The highest BCUT2D eigenvalue weighted by Gasteiger charge is 2.49. The lowest BCUT2D eigenvalue weighted by atomic mass is 9.83. The minimum atomic E-state index is -1.33. The molecule has 5 aliphatic rings. The zero-order valence-corrected chi connectivity index (χ0v) is 53.8. The monoisotopic (exact) mass is 1240 g/mol. The Morgan fingerprint density at radius 3 is 2.28 bits per heavy atom. The molecule has 4 heterocycles. The number of carbonyl (C=O) groups is 8. The summed E-state index contributed by atoms with van der Waals surface area (Å²) < 4.78 is 25.2. The van der Waals surface area contributed by atoms with E-state index in [1.165, 1.54) is 33.9 Å². The van der Waals surface area contributed by atoms with Gasteiger partial charge in [-0.05, 0) is 149 Å². The highest BCUT2D eigenvalue weighted by Crippen LogP contribution is 2.43. The SMILES string of the molecule is CC(C(=O)NC(C(=O)N1Cc2cc(NC(=O)CNC(=O)C3(C)CN(C(=O)CN4C[C@@H](C)N(C(=O)O)C[C@@H]4CN4CCOC[C@H]4C)c4cc(Cc5ccc(F)cc5)ccc43)ccc2C[C@H]1C(=O)N[C@@H]1CCCc2ccccc21)C(C)(C)C)N(C)C(=O)OC(C)(C)C. The van der Waals surface area contributed by atoms with E-state index in [1.54, 1.807) is 63.8 Å². The number of likely N-dealkylation sites (N-methyl/N-ethyl adjacent to an activating group) is 1. The number of carbonyl (C=O) groups excluding carboxylic acids is 7. The second-order valence-electron chi connectivity index (χ2n) is 27.4. The van der Waals surface area contributed by atoms with Gasteiger partial charge in [0.1, 0.15) is 29.5 Å². The van der Waals surface area contributed by atoms with Crippen molar-refractivity contribution in [2.45, 2.75) is 161 Å². The van der Waals surface area contributed by atoms with Crippen molar-refractivity contribution in [3.05, 3.63) is 130 Å². The van der Waals surface area contributed by atoms with Crippen molar-refractivity contribution < 1.29 is 57.3 Å². The maximum atomic E-state index is 15.3. The number of hydrogen-bond donors (Lipinski definition) is 5. The second kappa shape index (κ2) is 27.3. The van der Waals surface area contributed by atoms with E-state index in [1.807, 2.05) is 75.1 Å². The fourth-order valence-corrected chi connectivity index (χ4v) is 13.0. The fraction of sp³-hybridized carbons (Fsp3) is 0.529. The third kappa shape index (κ3) is 15.3. The molecule has 0 radical (unpaired) electrons. The van der Waals surface area contributed by atoms with E-state index in [0.717, 1.165) is 40.7 Å². The summed E-state index contributed by atoms with van der Waals surface area (Å²) in [5.74, 6) is -3.19. The summed E-state index contributed by atoms with van der Waals surface area (Å²) in [5, 5.41) is 22.1. The van der Waals surface area contributed by atoms with Crippen LogP contribution in [-0.4, -0.2) is 185 Å². The molecule has 8 atom stereocenters. The first kappa shape index (κ1) is 66.5. The van der Waals surface area contributed by atoms with Crippen molar-refractivity contribution >= 4 is 59.0 Å². The maximum absolute atomic E-state index is 15.3. The number of carboxylic acid groups (broad SMARTS) is 1. The van der Waals surface area contributed by atoms with Crippen LogP contribution in [0.25, 0.3) is 0 Å². The van der Waals surface area contributed by atoms with Crippen LogP contribution in [0.1, 0.15) is 127 Å². The summed E-state index contributed by atoms with van der Waals surface area (Å²) >= 11 is 0. The summed E-state index contributed by atoms with van der Waals surface area (Å²) in [6.07, 6.45) is 1.27. The van der Waals surface area contributed by atoms with Crippen molar-refractivity contribution in [3.63, 3.8) is 0 Å². The Hall–Kier alpha value is -7.95. The van der Waals surface area contributed by atoms with Crippen LogP contribution >= 0.6 is 0 Å². The van der Waals surface area contributed by atoms with Gasteiger partial charge >= 0.3 is 12.2 Å². The molecule has 0 spiro atoms. The number of piperazine rings is 1. The topological polar surface area (TPSA) is 243 Å². The number of anilines is 2. The Morgan fingerprint density at radius 2 is 1.58 bits per heavy atom. The molecule has 9 rings (SSSR count). The van der Waals surface area contributed by atoms with Crippen molar-refractivity contribution in [1.82, 2.24) is 40.4 Å². The van der Waals surface area contributed by atoms with Crippen LogP contribution in [0.4, 0.5) is 25.4 Å². The third-order valence-electron chi connectivity index (χ3n) is 18.4. The Labute approximate surface area is 527 Å². The molecule has 2 fully saturated rings. The summed E-state index contributed by atoms with van der Waals surface area (Å²) in [7, 11) is 1.45. The number of nitrogens with zero attached hydrogens (tertiary/aromatic N) is 6. The van der Waals surface area contributed by atoms with Gasteiger partial charge in [0, 0.05) is 82.2 Å². The number of aryl methyl sites for hydroxylation is 1. The molecule has 4 aliphatic heterocycles. The summed E-state index contributed by atoms with van der Waals surface area (Å²) in [6.45, 7) is 19.9. The van der Waals surface area contributed by atoms with Gasteiger partial charge in [0.25, 0.3) is 0 Å². The van der Waals surface area contributed by atoms with E-state index < -0.39 is 83.0 Å². The molecule has 484 valence electrons. The zero-order chi connectivity index (χ0) is 65.1. The first-order chi connectivity index (χ1) is 42.5. The lowest BCUT2D eigenvalue weighted by Gasteiger charge is -2.47. The van der Waals surface area contributed by atoms with Crippen LogP contribution in [-0.2, 0) is 69.5 Å². The normalized spacial score (nSPS) is 22.6. The molecule has 8 amide bonds. The Kier molecular flexibility index (Phi) is 20.1. The first-order valence-corrected chi connectivity index (χ1v) is 31.4.